The third kappa shape index (κ3) is 53.6. The fraction of sp³-hybridized carbons (Fsp3) is 0.862. The minimum atomic E-state index is -4.63. The highest BCUT2D eigenvalue weighted by Gasteiger charge is 2.22. The van der Waals surface area contributed by atoms with Crippen LogP contribution in [0.5, 0.6) is 0 Å². The van der Waals surface area contributed by atoms with E-state index >= 15 is 0 Å². The zero-order chi connectivity index (χ0) is 49.9. The predicted molar refractivity (Wildman–Crippen MR) is 287 cm³/mol. The van der Waals surface area contributed by atoms with Crippen molar-refractivity contribution in [3.8, 4) is 0 Å². The van der Waals surface area contributed by atoms with E-state index in [1.165, 1.54) is 173 Å². The molecule has 2 atom stereocenters. The quantitative estimate of drug-likeness (QED) is 0.0195. The van der Waals surface area contributed by atoms with Crippen molar-refractivity contribution in [3.05, 3.63) is 36.5 Å². The van der Waals surface area contributed by atoms with E-state index in [0.29, 0.717) is 17.4 Å². The predicted octanol–water partition coefficient (Wildman–Crippen LogP) is 17.0. The van der Waals surface area contributed by atoms with E-state index in [-0.39, 0.29) is 32.0 Å². The van der Waals surface area contributed by atoms with E-state index in [4.69, 9.17) is 18.5 Å². The summed E-state index contributed by atoms with van der Waals surface area (Å²) >= 11 is 0. The number of nitrogens with zero attached hydrogens (tertiary/aromatic N) is 1. The molecule has 0 spiro atoms. The van der Waals surface area contributed by atoms with E-state index in [1.54, 1.807) is 0 Å². The number of rotatable bonds is 53. The SMILES string of the molecule is CCC/C=C\C/C=C\CCCCCCCC(=O)OC(COC(=O)CCCCCCCCCCCCCCCCCCCCC/C=C\CCCCCCCCCC)COP(=O)([O-])OCC[N+](C)(C)C. The largest absolute Gasteiger partial charge is 0.756 e. The highest BCUT2D eigenvalue weighted by atomic mass is 31.2. The van der Waals surface area contributed by atoms with Crippen LogP contribution in [0.1, 0.15) is 271 Å². The van der Waals surface area contributed by atoms with Crippen molar-refractivity contribution in [1.82, 2.24) is 0 Å². The number of phosphoric acid groups is 1. The molecule has 0 aliphatic carbocycles. The lowest BCUT2D eigenvalue weighted by molar-refractivity contribution is -0.870. The number of carbonyl (C=O) groups excluding carboxylic acids is 2. The van der Waals surface area contributed by atoms with Gasteiger partial charge in [0.25, 0.3) is 7.82 Å². The summed E-state index contributed by atoms with van der Waals surface area (Å²) in [6.45, 7) is 4.18. The Kier molecular flexibility index (Phi) is 48.9. The number of likely N-dealkylation sites (N-methyl/N-ethyl adjacent to an activating group) is 1. The van der Waals surface area contributed by atoms with Crippen molar-refractivity contribution in [2.24, 2.45) is 0 Å². The van der Waals surface area contributed by atoms with Gasteiger partial charge in [-0.2, -0.15) is 0 Å². The standard InChI is InChI=1S/C58H110NO8P/c1-6-8-10-12-14-16-18-20-21-22-23-24-25-26-27-28-29-30-31-32-33-34-35-36-37-39-40-42-44-46-48-50-57(60)64-54-56(55-66-68(62,63)65-53-52-59(3,4)5)67-58(61)51-49-47-45-43-41-38-19-17-15-13-11-9-7-2/h11,13,17,19,22-23,56H,6-10,12,14-16,18,20-21,24-55H2,1-5H3/b13-11-,19-17-,23-22-. The molecule has 0 bridgehead atoms. The average Bonchev–Trinajstić information content (AvgIpc) is 3.30. The first kappa shape index (κ1) is 66.2. The van der Waals surface area contributed by atoms with Gasteiger partial charge in [-0.25, -0.2) is 0 Å². The van der Waals surface area contributed by atoms with Gasteiger partial charge < -0.3 is 27.9 Å². The van der Waals surface area contributed by atoms with E-state index in [2.05, 4.69) is 50.3 Å². The van der Waals surface area contributed by atoms with E-state index in [1.807, 2.05) is 21.1 Å². The number of unbranched alkanes of at least 4 members (excludes halogenated alkanes) is 33. The van der Waals surface area contributed by atoms with Gasteiger partial charge in [-0.1, -0.05) is 230 Å². The van der Waals surface area contributed by atoms with Gasteiger partial charge >= 0.3 is 11.9 Å². The second-order valence-corrected chi connectivity index (χ2v) is 22.1. The third-order valence-corrected chi connectivity index (χ3v) is 13.6. The van der Waals surface area contributed by atoms with Crippen LogP contribution in [-0.2, 0) is 32.7 Å². The van der Waals surface area contributed by atoms with Crippen molar-refractivity contribution in [2.45, 2.75) is 277 Å². The molecule has 0 aromatic rings. The Morgan fingerprint density at radius 2 is 0.824 bits per heavy atom. The van der Waals surface area contributed by atoms with Crippen LogP contribution >= 0.6 is 7.82 Å². The molecule has 0 saturated heterocycles. The van der Waals surface area contributed by atoms with Crippen LogP contribution in [0.3, 0.4) is 0 Å². The van der Waals surface area contributed by atoms with Gasteiger partial charge in [0, 0.05) is 12.8 Å². The Morgan fingerprint density at radius 1 is 0.456 bits per heavy atom. The van der Waals surface area contributed by atoms with Crippen LogP contribution in [0.2, 0.25) is 0 Å². The monoisotopic (exact) mass is 980 g/mol. The maximum atomic E-state index is 12.7. The molecule has 0 rings (SSSR count). The average molecular weight is 980 g/mol. The summed E-state index contributed by atoms with van der Waals surface area (Å²) in [5.74, 6) is -0.841. The third-order valence-electron chi connectivity index (χ3n) is 12.6. The van der Waals surface area contributed by atoms with Gasteiger partial charge in [0.1, 0.15) is 19.8 Å². The maximum absolute atomic E-state index is 12.7. The van der Waals surface area contributed by atoms with Crippen molar-refractivity contribution in [3.63, 3.8) is 0 Å². The minimum Gasteiger partial charge on any atom is -0.756 e. The summed E-state index contributed by atoms with van der Waals surface area (Å²) in [6.07, 6.45) is 60.7. The highest BCUT2D eigenvalue weighted by Crippen LogP contribution is 2.38. The zero-order valence-electron chi connectivity index (χ0n) is 45.3. The lowest BCUT2D eigenvalue weighted by atomic mass is 10.0. The summed E-state index contributed by atoms with van der Waals surface area (Å²) in [7, 11) is 1.16. The van der Waals surface area contributed by atoms with Crippen LogP contribution in [0.4, 0.5) is 0 Å². The molecule has 0 amide bonds. The Balaban J connectivity index is 3.99. The summed E-state index contributed by atoms with van der Waals surface area (Å²) in [5.41, 5.74) is 0. The number of ether oxygens (including phenoxy) is 2. The number of hydrogen-bond donors (Lipinski definition) is 0. The van der Waals surface area contributed by atoms with Crippen LogP contribution in [0.15, 0.2) is 36.5 Å². The lowest BCUT2D eigenvalue weighted by Gasteiger charge is -2.28. The molecule has 10 heteroatoms. The number of allylic oxidation sites excluding steroid dienone is 6. The fourth-order valence-corrected chi connectivity index (χ4v) is 8.89. The van der Waals surface area contributed by atoms with Gasteiger partial charge in [0.05, 0.1) is 27.7 Å². The maximum Gasteiger partial charge on any atom is 0.306 e. The first-order chi connectivity index (χ1) is 33.0. The Morgan fingerprint density at radius 3 is 1.24 bits per heavy atom. The topological polar surface area (TPSA) is 111 Å². The molecular weight excluding hydrogens is 870 g/mol. The van der Waals surface area contributed by atoms with Crippen molar-refractivity contribution < 1.29 is 42.1 Å². The smallest absolute Gasteiger partial charge is 0.306 e. The molecule has 0 fully saturated rings. The normalized spacial score (nSPS) is 13.6. The number of carbonyl (C=O) groups is 2. The van der Waals surface area contributed by atoms with Crippen molar-refractivity contribution in [1.29, 1.82) is 0 Å². The Hall–Kier alpha value is -1.77. The minimum absolute atomic E-state index is 0.0326. The summed E-state index contributed by atoms with van der Waals surface area (Å²) in [4.78, 5) is 37.7. The van der Waals surface area contributed by atoms with Crippen LogP contribution in [0, 0.1) is 0 Å². The summed E-state index contributed by atoms with van der Waals surface area (Å²) in [6, 6.07) is 0. The molecule has 0 radical (unpaired) electrons. The van der Waals surface area contributed by atoms with Crippen molar-refractivity contribution in [2.75, 3.05) is 47.5 Å². The van der Waals surface area contributed by atoms with Crippen LogP contribution < -0.4 is 4.89 Å². The molecule has 68 heavy (non-hydrogen) atoms. The van der Waals surface area contributed by atoms with E-state index < -0.39 is 26.5 Å². The molecule has 9 nitrogen and oxygen atoms in total. The zero-order valence-corrected chi connectivity index (χ0v) is 46.2. The number of phosphoric ester groups is 1. The van der Waals surface area contributed by atoms with Gasteiger partial charge in [-0.3, -0.25) is 14.2 Å². The molecule has 0 aliphatic rings. The molecule has 0 aromatic carbocycles. The molecular formula is C58H110NO8P. The number of hydrogen-bond acceptors (Lipinski definition) is 8. The highest BCUT2D eigenvalue weighted by molar-refractivity contribution is 7.45. The first-order valence-corrected chi connectivity index (χ1v) is 30.2. The fourth-order valence-electron chi connectivity index (χ4n) is 8.16. The van der Waals surface area contributed by atoms with Crippen LogP contribution in [0.25, 0.3) is 0 Å². The second kappa shape index (κ2) is 50.2. The van der Waals surface area contributed by atoms with Crippen molar-refractivity contribution >= 4 is 19.8 Å². The summed E-state index contributed by atoms with van der Waals surface area (Å²) < 4.78 is 34.0. The van der Waals surface area contributed by atoms with Gasteiger partial charge in [-0.05, 0) is 64.2 Å². The lowest BCUT2D eigenvalue weighted by Crippen LogP contribution is -2.37. The summed E-state index contributed by atoms with van der Waals surface area (Å²) in [5, 5.41) is 0. The molecule has 0 saturated carbocycles. The van der Waals surface area contributed by atoms with Gasteiger partial charge in [-0.15, -0.1) is 0 Å². The number of quaternary nitrogens is 1. The molecule has 400 valence electrons. The Bertz CT molecular complexity index is 1250. The van der Waals surface area contributed by atoms with E-state index in [9.17, 15) is 19.0 Å². The molecule has 2 unspecified atom stereocenters. The molecule has 0 aromatic heterocycles. The molecule has 0 N–H and O–H groups in total. The second-order valence-electron chi connectivity index (χ2n) is 20.6. The molecule has 0 heterocycles. The van der Waals surface area contributed by atoms with E-state index in [0.717, 1.165) is 64.2 Å². The van der Waals surface area contributed by atoms with Gasteiger partial charge in [0.2, 0.25) is 0 Å². The van der Waals surface area contributed by atoms with Gasteiger partial charge in [0.15, 0.2) is 6.10 Å². The molecule has 0 aliphatic heterocycles. The van der Waals surface area contributed by atoms with Crippen LogP contribution in [-0.4, -0.2) is 70.0 Å². The first-order valence-electron chi connectivity index (χ1n) is 28.7. The number of esters is 2. The Labute approximate surface area is 421 Å².